The van der Waals surface area contributed by atoms with Crippen molar-refractivity contribution in [2.24, 2.45) is 12.5 Å². The molecule has 0 radical (unpaired) electrons. The van der Waals surface area contributed by atoms with Gasteiger partial charge >= 0.3 is 0 Å². The van der Waals surface area contributed by atoms with Crippen LogP contribution in [-0.2, 0) is 13.5 Å². The quantitative estimate of drug-likeness (QED) is 0.818. The average molecular weight is 263 g/mol. The Labute approximate surface area is 117 Å². The molecule has 1 atom stereocenters. The third-order valence-corrected chi connectivity index (χ3v) is 4.84. The number of rotatable bonds is 7. The van der Waals surface area contributed by atoms with Crippen molar-refractivity contribution in [1.29, 1.82) is 0 Å². The summed E-state index contributed by atoms with van der Waals surface area (Å²) in [6, 6.07) is 2.80. The summed E-state index contributed by atoms with van der Waals surface area (Å²) in [5.41, 5.74) is 1.86. The number of aromatic nitrogens is 2. The standard InChI is InChI=1S/C16H29N3/c1-4-12-17-15(16(2)10-5-6-11-16)8-7-14-9-13-18-19(14)3/h9,13,15,17H,4-8,10-12H2,1-3H3. The molecular weight excluding hydrogens is 234 g/mol. The Morgan fingerprint density at radius 2 is 2.16 bits per heavy atom. The van der Waals surface area contributed by atoms with E-state index in [4.69, 9.17) is 0 Å². The van der Waals surface area contributed by atoms with E-state index in [2.05, 4.69) is 30.3 Å². The smallest absolute Gasteiger partial charge is 0.0492 e. The summed E-state index contributed by atoms with van der Waals surface area (Å²) < 4.78 is 2.01. The third-order valence-electron chi connectivity index (χ3n) is 4.84. The molecule has 1 aromatic rings. The molecule has 1 fully saturated rings. The van der Waals surface area contributed by atoms with Crippen LogP contribution in [0.15, 0.2) is 12.3 Å². The molecule has 1 saturated carbocycles. The lowest BCUT2D eigenvalue weighted by Crippen LogP contribution is -2.43. The summed E-state index contributed by atoms with van der Waals surface area (Å²) in [4.78, 5) is 0. The minimum Gasteiger partial charge on any atom is -0.313 e. The molecule has 1 heterocycles. The maximum Gasteiger partial charge on any atom is 0.0492 e. The van der Waals surface area contributed by atoms with Crippen LogP contribution in [0.1, 0.15) is 58.1 Å². The molecule has 0 aromatic carbocycles. The van der Waals surface area contributed by atoms with Crippen molar-refractivity contribution in [2.45, 2.75) is 64.8 Å². The molecule has 108 valence electrons. The van der Waals surface area contributed by atoms with Crippen LogP contribution in [0.4, 0.5) is 0 Å². The Morgan fingerprint density at radius 3 is 2.74 bits per heavy atom. The topological polar surface area (TPSA) is 29.9 Å². The van der Waals surface area contributed by atoms with Crippen molar-refractivity contribution in [3.8, 4) is 0 Å². The number of hydrogen-bond donors (Lipinski definition) is 1. The maximum atomic E-state index is 4.27. The lowest BCUT2D eigenvalue weighted by atomic mass is 9.78. The molecule has 3 heteroatoms. The fourth-order valence-electron chi connectivity index (χ4n) is 3.49. The van der Waals surface area contributed by atoms with Gasteiger partial charge in [-0.05, 0) is 50.1 Å². The summed E-state index contributed by atoms with van der Waals surface area (Å²) in [6.45, 7) is 5.88. The van der Waals surface area contributed by atoms with Gasteiger partial charge in [-0.15, -0.1) is 0 Å². The first kappa shape index (κ1) is 14.6. The molecule has 0 amide bonds. The molecule has 1 aliphatic carbocycles. The molecule has 2 rings (SSSR count). The zero-order chi connectivity index (χ0) is 13.7. The van der Waals surface area contributed by atoms with E-state index in [1.54, 1.807) is 0 Å². The van der Waals surface area contributed by atoms with Gasteiger partial charge in [-0.2, -0.15) is 5.10 Å². The first-order chi connectivity index (χ1) is 9.15. The van der Waals surface area contributed by atoms with Crippen LogP contribution in [0, 0.1) is 5.41 Å². The van der Waals surface area contributed by atoms with Crippen LogP contribution in [0.2, 0.25) is 0 Å². The highest BCUT2D eigenvalue weighted by Crippen LogP contribution is 2.41. The van der Waals surface area contributed by atoms with Crippen molar-refractivity contribution in [1.82, 2.24) is 15.1 Å². The minimum absolute atomic E-state index is 0.508. The van der Waals surface area contributed by atoms with E-state index < -0.39 is 0 Å². The van der Waals surface area contributed by atoms with Gasteiger partial charge in [-0.3, -0.25) is 4.68 Å². The zero-order valence-corrected chi connectivity index (χ0v) is 12.8. The van der Waals surface area contributed by atoms with Gasteiger partial charge in [-0.25, -0.2) is 0 Å². The molecule has 19 heavy (non-hydrogen) atoms. The van der Waals surface area contributed by atoms with Crippen LogP contribution >= 0.6 is 0 Å². The van der Waals surface area contributed by atoms with Gasteiger partial charge in [-0.1, -0.05) is 26.7 Å². The summed E-state index contributed by atoms with van der Waals surface area (Å²) in [7, 11) is 2.04. The van der Waals surface area contributed by atoms with Crippen LogP contribution in [0.5, 0.6) is 0 Å². The van der Waals surface area contributed by atoms with Crippen LogP contribution in [0.3, 0.4) is 0 Å². The van der Waals surface area contributed by atoms with Gasteiger partial charge in [0.05, 0.1) is 0 Å². The fraction of sp³-hybridized carbons (Fsp3) is 0.812. The van der Waals surface area contributed by atoms with Gasteiger partial charge in [0.1, 0.15) is 0 Å². The van der Waals surface area contributed by atoms with E-state index in [0.717, 1.165) is 13.0 Å². The summed E-state index contributed by atoms with van der Waals surface area (Å²) >= 11 is 0. The molecular formula is C16H29N3. The average Bonchev–Trinajstić information content (AvgIpc) is 3.00. The van der Waals surface area contributed by atoms with Crippen LogP contribution < -0.4 is 5.32 Å². The highest BCUT2D eigenvalue weighted by molar-refractivity contribution is 5.02. The predicted octanol–water partition coefficient (Wildman–Crippen LogP) is 3.30. The highest BCUT2D eigenvalue weighted by atomic mass is 15.2. The molecule has 0 bridgehead atoms. The summed E-state index contributed by atoms with van der Waals surface area (Å²) in [5.74, 6) is 0. The zero-order valence-electron chi connectivity index (χ0n) is 12.8. The normalized spacial score (nSPS) is 19.7. The van der Waals surface area contributed by atoms with Crippen LogP contribution in [0.25, 0.3) is 0 Å². The van der Waals surface area contributed by atoms with E-state index in [0.29, 0.717) is 11.5 Å². The fourth-order valence-corrected chi connectivity index (χ4v) is 3.49. The second-order valence-corrected chi connectivity index (χ2v) is 6.35. The van der Waals surface area contributed by atoms with Crippen molar-refractivity contribution in [3.63, 3.8) is 0 Å². The Hall–Kier alpha value is -0.830. The van der Waals surface area contributed by atoms with Crippen LogP contribution in [-0.4, -0.2) is 22.4 Å². The Morgan fingerprint density at radius 1 is 1.42 bits per heavy atom. The highest BCUT2D eigenvalue weighted by Gasteiger charge is 2.36. The van der Waals surface area contributed by atoms with Crippen molar-refractivity contribution < 1.29 is 0 Å². The number of hydrogen-bond acceptors (Lipinski definition) is 2. The molecule has 1 aromatic heterocycles. The Kier molecular flexibility index (Phi) is 5.03. The van der Waals surface area contributed by atoms with Gasteiger partial charge in [0.25, 0.3) is 0 Å². The molecule has 1 unspecified atom stereocenters. The Bertz CT molecular complexity index is 377. The van der Waals surface area contributed by atoms with Gasteiger partial charge in [0.2, 0.25) is 0 Å². The molecule has 0 saturated heterocycles. The van der Waals surface area contributed by atoms with E-state index in [1.165, 1.54) is 44.2 Å². The van der Waals surface area contributed by atoms with Crippen molar-refractivity contribution in [3.05, 3.63) is 18.0 Å². The lowest BCUT2D eigenvalue weighted by Gasteiger charge is -2.35. The van der Waals surface area contributed by atoms with Gasteiger partial charge in [0, 0.05) is 25.0 Å². The Balaban J connectivity index is 1.95. The minimum atomic E-state index is 0.508. The van der Waals surface area contributed by atoms with E-state index >= 15 is 0 Å². The first-order valence-electron chi connectivity index (χ1n) is 7.86. The second kappa shape index (κ2) is 6.56. The van der Waals surface area contributed by atoms with Crippen molar-refractivity contribution in [2.75, 3.05) is 6.54 Å². The molecule has 0 spiro atoms. The summed E-state index contributed by atoms with van der Waals surface area (Å²) in [6.07, 6.45) is 11.1. The number of nitrogens with zero attached hydrogens (tertiary/aromatic N) is 2. The second-order valence-electron chi connectivity index (χ2n) is 6.35. The molecule has 0 aliphatic heterocycles. The SMILES string of the molecule is CCCNC(CCc1ccnn1C)C1(C)CCCC1. The van der Waals surface area contributed by atoms with Crippen molar-refractivity contribution >= 4 is 0 Å². The monoisotopic (exact) mass is 263 g/mol. The first-order valence-corrected chi connectivity index (χ1v) is 7.86. The maximum absolute atomic E-state index is 4.27. The largest absolute Gasteiger partial charge is 0.313 e. The van der Waals surface area contributed by atoms with E-state index in [9.17, 15) is 0 Å². The van der Waals surface area contributed by atoms with Gasteiger partial charge < -0.3 is 5.32 Å². The summed E-state index contributed by atoms with van der Waals surface area (Å²) in [5, 5.41) is 8.07. The number of nitrogens with one attached hydrogen (secondary N) is 1. The molecule has 1 N–H and O–H groups in total. The predicted molar refractivity (Wildman–Crippen MR) is 80.2 cm³/mol. The van der Waals surface area contributed by atoms with E-state index in [1.807, 2.05) is 17.9 Å². The molecule has 3 nitrogen and oxygen atoms in total. The lowest BCUT2D eigenvalue weighted by molar-refractivity contribution is 0.209. The van der Waals surface area contributed by atoms with E-state index in [-0.39, 0.29) is 0 Å². The molecule has 1 aliphatic rings. The number of aryl methyl sites for hydroxylation is 2. The third kappa shape index (κ3) is 3.59. The van der Waals surface area contributed by atoms with Gasteiger partial charge in [0.15, 0.2) is 0 Å².